The molecule has 0 unspecified atom stereocenters. The van der Waals surface area contributed by atoms with E-state index in [0.29, 0.717) is 0 Å². The number of benzene rings is 1. The first-order valence-corrected chi connectivity index (χ1v) is 4.45. The Morgan fingerprint density at radius 1 is 1.55 bits per heavy atom. The Morgan fingerprint density at radius 2 is 2.27 bits per heavy atom. The van der Waals surface area contributed by atoms with E-state index in [1.54, 1.807) is 11.8 Å². The van der Waals surface area contributed by atoms with Gasteiger partial charge in [-0.3, -0.25) is 5.41 Å². The summed E-state index contributed by atoms with van der Waals surface area (Å²) in [4.78, 5) is 1.14. The summed E-state index contributed by atoms with van der Waals surface area (Å²) in [6, 6.07) is 7.65. The van der Waals surface area contributed by atoms with Gasteiger partial charge in [-0.15, -0.1) is 11.8 Å². The van der Waals surface area contributed by atoms with Crippen LogP contribution in [0.25, 0.3) is 0 Å². The van der Waals surface area contributed by atoms with Crippen LogP contribution in [0.5, 0.6) is 0 Å². The Balaban J connectivity index is 3.01. The van der Waals surface area contributed by atoms with Crippen molar-refractivity contribution in [3.05, 3.63) is 29.8 Å². The summed E-state index contributed by atoms with van der Waals surface area (Å²) in [5.74, 6) is 0.126. The molecule has 0 saturated carbocycles. The third-order valence-electron chi connectivity index (χ3n) is 1.38. The Morgan fingerprint density at radius 3 is 2.82 bits per heavy atom. The van der Waals surface area contributed by atoms with Crippen molar-refractivity contribution in [3.63, 3.8) is 0 Å². The zero-order chi connectivity index (χ0) is 8.27. The molecule has 0 heterocycles. The van der Waals surface area contributed by atoms with E-state index in [0.717, 1.165) is 10.5 Å². The number of nitrogen functional groups attached to an aromatic ring is 1. The van der Waals surface area contributed by atoms with Gasteiger partial charge in [-0.2, -0.15) is 0 Å². The molecule has 1 rings (SSSR count). The molecule has 0 spiro atoms. The summed E-state index contributed by atoms with van der Waals surface area (Å²) in [5, 5.41) is 7.18. The van der Waals surface area contributed by atoms with Crippen molar-refractivity contribution in [1.82, 2.24) is 0 Å². The molecule has 0 bridgehead atoms. The monoisotopic (exact) mass is 166 g/mol. The standard InChI is InChI=1S/C8H10N2S/c1-11-7-4-2-3-6(5-7)8(9)10/h2-5H,1H3,(H3,9,10). The first-order valence-electron chi connectivity index (χ1n) is 3.22. The fourth-order valence-electron chi connectivity index (χ4n) is 0.791. The predicted molar refractivity (Wildman–Crippen MR) is 49.2 cm³/mol. The Kier molecular flexibility index (Phi) is 2.54. The highest BCUT2D eigenvalue weighted by atomic mass is 32.2. The van der Waals surface area contributed by atoms with Crippen molar-refractivity contribution in [2.75, 3.05) is 6.26 Å². The van der Waals surface area contributed by atoms with Crippen molar-refractivity contribution >= 4 is 17.6 Å². The van der Waals surface area contributed by atoms with Crippen LogP contribution in [0.3, 0.4) is 0 Å². The Bertz CT molecular complexity index is 271. The fourth-order valence-corrected chi connectivity index (χ4v) is 1.25. The molecule has 0 radical (unpaired) electrons. The molecule has 3 N–H and O–H groups in total. The molecule has 3 heteroatoms. The summed E-state index contributed by atoms with van der Waals surface area (Å²) in [6.07, 6.45) is 2.00. The van der Waals surface area contributed by atoms with Crippen LogP contribution in [-0.2, 0) is 0 Å². The van der Waals surface area contributed by atoms with E-state index in [1.165, 1.54) is 0 Å². The van der Waals surface area contributed by atoms with E-state index < -0.39 is 0 Å². The van der Waals surface area contributed by atoms with Gasteiger partial charge in [0, 0.05) is 10.5 Å². The van der Waals surface area contributed by atoms with Gasteiger partial charge in [0.05, 0.1) is 0 Å². The highest BCUT2D eigenvalue weighted by Gasteiger charge is 1.95. The van der Waals surface area contributed by atoms with Gasteiger partial charge in [-0.25, -0.2) is 0 Å². The van der Waals surface area contributed by atoms with Crippen LogP contribution < -0.4 is 5.73 Å². The molecule has 0 fully saturated rings. The summed E-state index contributed by atoms with van der Waals surface area (Å²) in [5.41, 5.74) is 6.10. The van der Waals surface area contributed by atoms with Crippen LogP contribution in [0.1, 0.15) is 5.56 Å². The molecule has 0 aliphatic rings. The summed E-state index contributed by atoms with van der Waals surface area (Å²) < 4.78 is 0. The second-order valence-electron chi connectivity index (χ2n) is 2.15. The Hall–Kier alpha value is -0.960. The number of nitrogens with one attached hydrogen (secondary N) is 1. The van der Waals surface area contributed by atoms with Gasteiger partial charge in [0.2, 0.25) is 0 Å². The van der Waals surface area contributed by atoms with Gasteiger partial charge >= 0.3 is 0 Å². The van der Waals surface area contributed by atoms with E-state index in [2.05, 4.69) is 0 Å². The topological polar surface area (TPSA) is 49.9 Å². The zero-order valence-corrected chi connectivity index (χ0v) is 7.11. The molecule has 1 aromatic rings. The normalized spacial score (nSPS) is 9.55. The minimum Gasteiger partial charge on any atom is -0.384 e. The minimum absolute atomic E-state index is 0.126. The van der Waals surface area contributed by atoms with Gasteiger partial charge in [-0.05, 0) is 18.4 Å². The van der Waals surface area contributed by atoms with E-state index in [4.69, 9.17) is 11.1 Å². The quantitative estimate of drug-likeness (QED) is 0.399. The maximum atomic E-state index is 7.18. The van der Waals surface area contributed by atoms with Crippen molar-refractivity contribution in [3.8, 4) is 0 Å². The number of amidine groups is 1. The molecule has 0 amide bonds. The molecule has 2 nitrogen and oxygen atoms in total. The van der Waals surface area contributed by atoms with Crippen molar-refractivity contribution in [2.45, 2.75) is 4.90 Å². The third kappa shape index (κ3) is 1.98. The average Bonchev–Trinajstić information content (AvgIpc) is 2.05. The van der Waals surface area contributed by atoms with Crippen LogP contribution in [0.15, 0.2) is 29.2 Å². The van der Waals surface area contributed by atoms with Crippen LogP contribution >= 0.6 is 11.8 Å². The fraction of sp³-hybridized carbons (Fsp3) is 0.125. The number of hydrogen-bond acceptors (Lipinski definition) is 2. The second-order valence-corrected chi connectivity index (χ2v) is 3.03. The van der Waals surface area contributed by atoms with Gasteiger partial charge in [0.25, 0.3) is 0 Å². The molecular formula is C8H10N2S. The number of rotatable bonds is 2. The van der Waals surface area contributed by atoms with E-state index >= 15 is 0 Å². The summed E-state index contributed by atoms with van der Waals surface area (Å²) >= 11 is 1.65. The highest BCUT2D eigenvalue weighted by Crippen LogP contribution is 2.15. The maximum absolute atomic E-state index is 7.18. The molecular weight excluding hydrogens is 156 g/mol. The minimum atomic E-state index is 0.126. The molecule has 0 aromatic heterocycles. The van der Waals surface area contributed by atoms with Gasteiger partial charge in [-0.1, -0.05) is 12.1 Å². The van der Waals surface area contributed by atoms with Crippen LogP contribution in [0.4, 0.5) is 0 Å². The maximum Gasteiger partial charge on any atom is 0.122 e. The lowest BCUT2D eigenvalue weighted by Gasteiger charge is -1.99. The largest absolute Gasteiger partial charge is 0.384 e. The lowest BCUT2D eigenvalue weighted by molar-refractivity contribution is 1.38. The molecule has 1 aromatic carbocycles. The highest BCUT2D eigenvalue weighted by molar-refractivity contribution is 7.98. The van der Waals surface area contributed by atoms with Crippen LogP contribution in [-0.4, -0.2) is 12.1 Å². The van der Waals surface area contributed by atoms with Gasteiger partial charge < -0.3 is 5.73 Å². The van der Waals surface area contributed by atoms with Crippen molar-refractivity contribution in [2.24, 2.45) is 5.73 Å². The van der Waals surface area contributed by atoms with Gasteiger partial charge in [0.15, 0.2) is 0 Å². The lowest BCUT2D eigenvalue weighted by atomic mass is 10.2. The van der Waals surface area contributed by atoms with Crippen molar-refractivity contribution < 1.29 is 0 Å². The van der Waals surface area contributed by atoms with Crippen LogP contribution in [0.2, 0.25) is 0 Å². The number of nitrogens with two attached hydrogens (primary N) is 1. The number of thioether (sulfide) groups is 1. The van der Waals surface area contributed by atoms with Gasteiger partial charge in [0.1, 0.15) is 5.84 Å². The first-order chi connectivity index (χ1) is 5.24. The molecule has 0 aliphatic carbocycles. The molecule has 0 aliphatic heterocycles. The molecule has 11 heavy (non-hydrogen) atoms. The summed E-state index contributed by atoms with van der Waals surface area (Å²) in [6.45, 7) is 0. The molecule has 0 saturated heterocycles. The van der Waals surface area contributed by atoms with E-state index in [1.807, 2.05) is 30.5 Å². The predicted octanol–water partition coefficient (Wildman–Crippen LogP) is 1.69. The molecule has 58 valence electrons. The second kappa shape index (κ2) is 3.44. The summed E-state index contributed by atoms with van der Waals surface area (Å²) in [7, 11) is 0. The average molecular weight is 166 g/mol. The SMILES string of the molecule is CSc1cccc(C(=N)N)c1. The zero-order valence-electron chi connectivity index (χ0n) is 6.29. The van der Waals surface area contributed by atoms with E-state index in [9.17, 15) is 0 Å². The van der Waals surface area contributed by atoms with Crippen LogP contribution in [0, 0.1) is 5.41 Å². The Labute approximate surface area is 70.3 Å². The number of hydrogen-bond donors (Lipinski definition) is 2. The first kappa shape index (κ1) is 8.14. The third-order valence-corrected chi connectivity index (χ3v) is 2.11. The molecule has 0 atom stereocenters. The smallest absolute Gasteiger partial charge is 0.122 e. The van der Waals surface area contributed by atoms with E-state index in [-0.39, 0.29) is 5.84 Å². The van der Waals surface area contributed by atoms with Crippen molar-refractivity contribution in [1.29, 1.82) is 5.41 Å². The lowest BCUT2D eigenvalue weighted by Crippen LogP contribution is -2.10.